The predicted octanol–water partition coefficient (Wildman–Crippen LogP) is 13.6. The van der Waals surface area contributed by atoms with E-state index in [9.17, 15) is 0 Å². The minimum absolute atomic E-state index is 0.480. The average Bonchev–Trinajstić information content (AvgIpc) is 3.67. The van der Waals surface area contributed by atoms with Gasteiger partial charge < -0.3 is 4.90 Å². The molecule has 7 aromatic carbocycles. The van der Waals surface area contributed by atoms with Crippen LogP contribution in [0.3, 0.4) is 0 Å². The molecule has 242 valence electrons. The second-order valence-electron chi connectivity index (χ2n) is 13.7. The molecule has 0 atom stereocenters. The zero-order valence-electron chi connectivity index (χ0n) is 28.1. The molecule has 0 fully saturated rings. The van der Waals surface area contributed by atoms with Crippen LogP contribution in [0.25, 0.3) is 39.0 Å². The van der Waals surface area contributed by atoms with Gasteiger partial charge in [-0.3, -0.25) is 0 Å². The fourth-order valence-corrected chi connectivity index (χ4v) is 9.03. The van der Waals surface area contributed by atoms with Crippen LogP contribution >= 0.6 is 11.6 Å². The molecule has 0 heterocycles. The normalized spacial score (nSPS) is 14.4. The van der Waals surface area contributed by atoms with Crippen molar-refractivity contribution in [3.8, 4) is 33.4 Å². The van der Waals surface area contributed by atoms with E-state index in [4.69, 9.17) is 11.6 Å². The summed E-state index contributed by atoms with van der Waals surface area (Å²) < 4.78 is 0. The zero-order chi connectivity index (χ0) is 33.9. The summed E-state index contributed by atoms with van der Waals surface area (Å²) in [5.41, 5.74) is 18.1. The van der Waals surface area contributed by atoms with E-state index in [2.05, 4.69) is 181 Å². The zero-order valence-corrected chi connectivity index (χ0v) is 28.8. The molecule has 0 aliphatic heterocycles. The number of anilines is 3. The minimum atomic E-state index is -0.480. The first-order valence-electron chi connectivity index (χ1n) is 17.8. The Balaban J connectivity index is 1.22. The van der Waals surface area contributed by atoms with Crippen molar-refractivity contribution in [1.82, 2.24) is 0 Å². The lowest BCUT2D eigenvalue weighted by Gasteiger charge is -2.32. The summed E-state index contributed by atoms with van der Waals surface area (Å²) in [6.07, 6.45) is 8.83. The number of hydrogen-bond acceptors (Lipinski definition) is 1. The van der Waals surface area contributed by atoms with E-state index < -0.39 is 5.41 Å². The van der Waals surface area contributed by atoms with Gasteiger partial charge in [-0.1, -0.05) is 151 Å². The molecule has 1 nitrogen and oxygen atoms in total. The Hall–Kier alpha value is -5.89. The van der Waals surface area contributed by atoms with Crippen LogP contribution < -0.4 is 4.90 Å². The lowest BCUT2D eigenvalue weighted by atomic mass is 9.70. The Bertz CT molecular complexity index is 2480. The fourth-order valence-electron chi connectivity index (χ4n) is 8.86. The third kappa shape index (κ3) is 4.55. The van der Waals surface area contributed by atoms with Crippen molar-refractivity contribution in [2.24, 2.45) is 0 Å². The molecule has 0 N–H and O–H groups in total. The highest BCUT2D eigenvalue weighted by Crippen LogP contribution is 2.65. The number of nitrogens with zero attached hydrogens (tertiary/aromatic N) is 1. The summed E-state index contributed by atoms with van der Waals surface area (Å²) >= 11 is 6.90. The van der Waals surface area contributed by atoms with Gasteiger partial charge in [-0.25, -0.2) is 0 Å². The summed E-state index contributed by atoms with van der Waals surface area (Å²) in [4.78, 5) is 2.44. The first-order chi connectivity index (χ1) is 25.2. The van der Waals surface area contributed by atoms with Crippen LogP contribution in [0, 0.1) is 0 Å². The number of fused-ring (bicyclic) bond motifs is 10. The standard InChI is InChI=1S/C49H34ClN/c50-37-26-31-42-46(32-37)49(43-18-9-7-16-40(43)41-17-8-10-19-44(41)49)45-20-11-21-47(48(42)45)51(38-27-22-35(23-28-38)33-12-3-1-4-13-33)39-29-24-36(25-30-39)34-14-5-2-6-15-34/h1-5,7-14,16-32H,6,15H2. The largest absolute Gasteiger partial charge is 0.310 e. The molecular formula is C49H34ClN. The summed E-state index contributed by atoms with van der Waals surface area (Å²) in [6.45, 7) is 0. The van der Waals surface area contributed by atoms with Gasteiger partial charge in [0.1, 0.15) is 0 Å². The predicted molar refractivity (Wildman–Crippen MR) is 214 cm³/mol. The number of rotatable bonds is 5. The summed E-state index contributed by atoms with van der Waals surface area (Å²) in [5, 5.41) is 0.750. The average molecular weight is 672 g/mol. The van der Waals surface area contributed by atoms with Crippen LogP contribution in [0.15, 0.2) is 182 Å². The van der Waals surface area contributed by atoms with Crippen molar-refractivity contribution in [2.45, 2.75) is 18.3 Å². The second kappa shape index (κ2) is 11.9. The number of hydrogen-bond donors (Lipinski definition) is 0. The minimum Gasteiger partial charge on any atom is -0.310 e. The highest BCUT2D eigenvalue weighted by Gasteiger charge is 2.52. The number of allylic oxidation sites excluding steroid dienone is 4. The lowest BCUT2D eigenvalue weighted by Crippen LogP contribution is -2.26. The molecule has 51 heavy (non-hydrogen) atoms. The van der Waals surface area contributed by atoms with Gasteiger partial charge >= 0.3 is 0 Å². The van der Waals surface area contributed by atoms with Gasteiger partial charge in [-0.2, -0.15) is 0 Å². The molecule has 3 aliphatic rings. The maximum Gasteiger partial charge on any atom is 0.0726 e. The van der Waals surface area contributed by atoms with Gasteiger partial charge in [0.05, 0.1) is 11.1 Å². The molecule has 2 heteroatoms. The highest BCUT2D eigenvalue weighted by atomic mass is 35.5. The van der Waals surface area contributed by atoms with Crippen molar-refractivity contribution < 1.29 is 0 Å². The Morgan fingerprint density at radius 3 is 1.76 bits per heavy atom. The van der Waals surface area contributed by atoms with Crippen LogP contribution in [-0.4, -0.2) is 0 Å². The maximum atomic E-state index is 6.90. The van der Waals surface area contributed by atoms with E-state index in [1.807, 2.05) is 6.07 Å². The maximum absolute atomic E-state index is 6.90. The summed E-state index contributed by atoms with van der Waals surface area (Å²) in [5.74, 6) is 0. The van der Waals surface area contributed by atoms with Crippen molar-refractivity contribution in [2.75, 3.05) is 4.90 Å². The van der Waals surface area contributed by atoms with Crippen LogP contribution in [-0.2, 0) is 5.41 Å². The van der Waals surface area contributed by atoms with E-state index in [1.165, 1.54) is 66.8 Å². The first-order valence-corrected chi connectivity index (χ1v) is 18.1. The molecule has 0 amide bonds. The van der Waals surface area contributed by atoms with Gasteiger partial charge in [-0.05, 0) is 117 Å². The third-order valence-corrected chi connectivity index (χ3v) is 11.3. The smallest absolute Gasteiger partial charge is 0.0726 e. The Labute approximate surface area is 304 Å². The van der Waals surface area contributed by atoms with Crippen molar-refractivity contribution in [3.63, 3.8) is 0 Å². The molecule has 10 rings (SSSR count). The van der Waals surface area contributed by atoms with Gasteiger partial charge in [0, 0.05) is 22.0 Å². The van der Waals surface area contributed by atoms with E-state index in [0.717, 1.165) is 34.9 Å². The summed E-state index contributed by atoms with van der Waals surface area (Å²) in [7, 11) is 0. The molecule has 7 aromatic rings. The Morgan fingerprint density at radius 2 is 1.10 bits per heavy atom. The second-order valence-corrected chi connectivity index (χ2v) is 14.1. The topological polar surface area (TPSA) is 3.24 Å². The molecule has 3 aliphatic carbocycles. The molecule has 0 saturated carbocycles. The van der Waals surface area contributed by atoms with Gasteiger partial charge in [0.2, 0.25) is 0 Å². The van der Waals surface area contributed by atoms with E-state index in [1.54, 1.807) is 0 Å². The van der Waals surface area contributed by atoms with Crippen molar-refractivity contribution in [3.05, 3.63) is 215 Å². The molecular weight excluding hydrogens is 638 g/mol. The third-order valence-electron chi connectivity index (χ3n) is 11.0. The van der Waals surface area contributed by atoms with Crippen molar-refractivity contribution >= 4 is 34.2 Å². The van der Waals surface area contributed by atoms with Crippen molar-refractivity contribution in [1.29, 1.82) is 0 Å². The number of halogens is 1. The highest BCUT2D eigenvalue weighted by molar-refractivity contribution is 6.31. The molecule has 0 unspecified atom stereocenters. The first kappa shape index (κ1) is 30.0. The van der Waals surface area contributed by atoms with Crippen LogP contribution in [0.4, 0.5) is 17.1 Å². The van der Waals surface area contributed by atoms with Gasteiger partial charge in [-0.15, -0.1) is 0 Å². The molecule has 0 aromatic heterocycles. The molecule has 0 saturated heterocycles. The monoisotopic (exact) mass is 671 g/mol. The molecule has 0 bridgehead atoms. The van der Waals surface area contributed by atoms with Gasteiger partial charge in [0.15, 0.2) is 0 Å². The summed E-state index contributed by atoms with van der Waals surface area (Å²) in [6, 6.07) is 60.0. The van der Waals surface area contributed by atoms with Crippen LogP contribution in [0.2, 0.25) is 5.02 Å². The quantitative estimate of drug-likeness (QED) is 0.176. The van der Waals surface area contributed by atoms with Crippen LogP contribution in [0.1, 0.15) is 40.7 Å². The number of benzene rings is 7. The Kier molecular flexibility index (Phi) is 6.98. The SMILES string of the molecule is Clc1ccc2c(c1)C1(c3ccccc3-c3ccccc31)c1cccc(N(c3ccc(C4=CC=CCC4)cc3)c3ccc(-c4ccccc4)cc3)c1-2. The van der Waals surface area contributed by atoms with E-state index >= 15 is 0 Å². The Morgan fingerprint density at radius 1 is 0.490 bits per heavy atom. The fraction of sp³-hybridized carbons (Fsp3) is 0.0612. The van der Waals surface area contributed by atoms with Gasteiger partial charge in [0.25, 0.3) is 0 Å². The molecule has 0 radical (unpaired) electrons. The lowest BCUT2D eigenvalue weighted by molar-refractivity contribution is 0.794. The molecule has 1 spiro atoms. The van der Waals surface area contributed by atoms with E-state index in [0.29, 0.717) is 0 Å². The van der Waals surface area contributed by atoms with E-state index in [-0.39, 0.29) is 0 Å². The van der Waals surface area contributed by atoms with Crippen LogP contribution in [0.5, 0.6) is 0 Å².